The van der Waals surface area contributed by atoms with E-state index in [0.717, 1.165) is 30.5 Å². The molecule has 0 radical (unpaired) electrons. The first-order chi connectivity index (χ1) is 9.37. The second-order valence-corrected chi connectivity index (χ2v) is 6.54. The van der Waals surface area contributed by atoms with Gasteiger partial charge in [0.1, 0.15) is 5.60 Å². The lowest BCUT2D eigenvalue weighted by atomic mass is 9.93. The number of carbonyl (C=O) groups is 1. The smallest absolute Gasteiger partial charge is 0.414 e. The molecule has 110 valence electrons. The van der Waals surface area contributed by atoms with Crippen molar-refractivity contribution in [3.8, 4) is 0 Å². The fraction of sp³-hybridized carbons (Fsp3) is 0.588. The van der Waals surface area contributed by atoms with Crippen LogP contribution in [0.4, 0.5) is 4.79 Å². The molecule has 0 unspecified atom stereocenters. The topological polar surface area (TPSA) is 29.5 Å². The molecule has 0 bridgehead atoms. The first kappa shape index (κ1) is 14.9. The molecule has 2 aliphatic rings. The third kappa shape index (κ3) is 3.75. The van der Waals surface area contributed by atoms with Gasteiger partial charge in [0.05, 0.1) is 5.70 Å². The van der Waals surface area contributed by atoms with E-state index in [1.165, 1.54) is 18.4 Å². The molecule has 0 N–H and O–H groups in total. The summed E-state index contributed by atoms with van der Waals surface area (Å²) in [5.41, 5.74) is 2.89. The lowest BCUT2D eigenvalue weighted by Gasteiger charge is -2.33. The number of hydrogen-bond donors (Lipinski definition) is 0. The van der Waals surface area contributed by atoms with Gasteiger partial charge in [0.15, 0.2) is 0 Å². The van der Waals surface area contributed by atoms with Gasteiger partial charge in [-0.25, -0.2) is 4.79 Å². The van der Waals surface area contributed by atoms with Gasteiger partial charge in [-0.05, 0) is 64.5 Å². The zero-order valence-electron chi connectivity index (χ0n) is 12.9. The minimum atomic E-state index is -0.461. The number of amides is 1. The van der Waals surface area contributed by atoms with Gasteiger partial charge in [0.2, 0.25) is 0 Å². The van der Waals surface area contributed by atoms with Crippen molar-refractivity contribution >= 4 is 6.09 Å². The second kappa shape index (κ2) is 5.86. The van der Waals surface area contributed by atoms with E-state index in [-0.39, 0.29) is 6.09 Å². The summed E-state index contributed by atoms with van der Waals surface area (Å²) in [7, 11) is 0. The third-order valence-electron chi connectivity index (χ3n) is 3.52. The average Bonchev–Trinajstić information content (AvgIpc) is 2.37. The van der Waals surface area contributed by atoms with Crippen LogP contribution in [-0.4, -0.2) is 23.1 Å². The molecule has 1 amide bonds. The van der Waals surface area contributed by atoms with Crippen molar-refractivity contribution in [3.05, 3.63) is 35.6 Å². The number of hydrogen-bond acceptors (Lipinski definition) is 2. The molecule has 2 rings (SSSR count). The maximum Gasteiger partial charge on any atom is 0.414 e. The van der Waals surface area contributed by atoms with Gasteiger partial charge < -0.3 is 4.74 Å². The number of ether oxygens (including phenoxy) is 1. The number of rotatable bonds is 1. The van der Waals surface area contributed by atoms with Crippen LogP contribution in [0.2, 0.25) is 0 Å². The Balaban J connectivity index is 2.22. The van der Waals surface area contributed by atoms with Gasteiger partial charge in [-0.15, -0.1) is 0 Å². The summed E-state index contributed by atoms with van der Waals surface area (Å²) < 4.78 is 5.52. The molecule has 3 heteroatoms. The van der Waals surface area contributed by atoms with Crippen LogP contribution in [-0.2, 0) is 4.74 Å². The fourth-order valence-electron chi connectivity index (χ4n) is 2.56. The largest absolute Gasteiger partial charge is 0.443 e. The Bertz CT molecular complexity index is 466. The van der Waals surface area contributed by atoms with Crippen LogP contribution in [0.5, 0.6) is 0 Å². The van der Waals surface area contributed by atoms with Gasteiger partial charge in [-0.3, -0.25) is 4.90 Å². The minimum Gasteiger partial charge on any atom is -0.443 e. The summed E-state index contributed by atoms with van der Waals surface area (Å²) in [5.74, 6) is 0. The van der Waals surface area contributed by atoms with Crippen molar-refractivity contribution in [2.75, 3.05) is 6.54 Å². The Kier molecular flexibility index (Phi) is 4.36. The minimum absolute atomic E-state index is 0.247. The van der Waals surface area contributed by atoms with Crippen LogP contribution in [0, 0.1) is 0 Å². The standard InChI is InChI=1S/C17H25NO2/c1-13-10-11-18(16(19)20-17(2,3)4)15(12-13)14-8-6-5-7-9-14/h8,12H,1,5-7,9-11H2,2-4H3. The number of carbonyl (C=O) groups excluding carboxylic acids is 1. The van der Waals surface area contributed by atoms with Crippen molar-refractivity contribution < 1.29 is 9.53 Å². The van der Waals surface area contributed by atoms with Crippen LogP contribution in [0.15, 0.2) is 35.6 Å². The van der Waals surface area contributed by atoms with E-state index in [1.54, 1.807) is 4.90 Å². The Morgan fingerprint density at radius 2 is 2.05 bits per heavy atom. The van der Waals surface area contributed by atoms with E-state index >= 15 is 0 Å². The molecule has 0 atom stereocenters. The third-order valence-corrected chi connectivity index (χ3v) is 3.52. The molecule has 0 spiro atoms. The highest BCUT2D eigenvalue weighted by molar-refractivity contribution is 5.72. The molecule has 0 saturated carbocycles. The van der Waals surface area contributed by atoms with Crippen LogP contribution in [0.1, 0.15) is 52.9 Å². The normalized spacial score (nSPS) is 20.4. The maximum absolute atomic E-state index is 12.4. The predicted octanol–water partition coefficient (Wildman–Crippen LogP) is 4.57. The van der Waals surface area contributed by atoms with Crippen molar-refractivity contribution in [2.24, 2.45) is 0 Å². The van der Waals surface area contributed by atoms with Gasteiger partial charge >= 0.3 is 6.09 Å². The van der Waals surface area contributed by atoms with Crippen molar-refractivity contribution in [1.29, 1.82) is 0 Å². The van der Waals surface area contributed by atoms with Crippen LogP contribution in [0.3, 0.4) is 0 Å². The van der Waals surface area contributed by atoms with Crippen LogP contribution >= 0.6 is 0 Å². The van der Waals surface area contributed by atoms with Crippen molar-refractivity contribution in [2.45, 2.75) is 58.5 Å². The lowest BCUT2D eigenvalue weighted by molar-refractivity contribution is 0.0313. The summed E-state index contributed by atoms with van der Waals surface area (Å²) >= 11 is 0. The highest BCUT2D eigenvalue weighted by atomic mass is 16.6. The average molecular weight is 275 g/mol. The van der Waals surface area contributed by atoms with Crippen molar-refractivity contribution in [1.82, 2.24) is 4.90 Å². The molecule has 0 saturated heterocycles. The van der Waals surface area contributed by atoms with Gasteiger partial charge in [0.25, 0.3) is 0 Å². The summed E-state index contributed by atoms with van der Waals surface area (Å²) in [6.45, 7) is 10.4. The monoisotopic (exact) mass is 275 g/mol. The molecular weight excluding hydrogens is 250 g/mol. The van der Waals surface area contributed by atoms with E-state index in [1.807, 2.05) is 26.8 Å². The molecule has 0 fully saturated rings. The summed E-state index contributed by atoms with van der Waals surface area (Å²) in [5, 5.41) is 0. The fourth-order valence-corrected chi connectivity index (χ4v) is 2.56. The molecule has 3 nitrogen and oxygen atoms in total. The van der Waals surface area contributed by atoms with E-state index < -0.39 is 5.60 Å². The zero-order chi connectivity index (χ0) is 14.8. The molecule has 0 aromatic carbocycles. The maximum atomic E-state index is 12.4. The predicted molar refractivity (Wildman–Crippen MR) is 81.3 cm³/mol. The lowest BCUT2D eigenvalue weighted by Crippen LogP contribution is -2.39. The van der Waals surface area contributed by atoms with Crippen molar-refractivity contribution in [3.63, 3.8) is 0 Å². The first-order valence-electron chi connectivity index (χ1n) is 7.46. The van der Waals surface area contributed by atoms with E-state index in [0.29, 0.717) is 6.54 Å². The highest BCUT2D eigenvalue weighted by Crippen LogP contribution is 2.31. The molecule has 20 heavy (non-hydrogen) atoms. The van der Waals surface area contributed by atoms with E-state index in [9.17, 15) is 4.79 Å². The molecular formula is C17H25NO2. The number of allylic oxidation sites excluding steroid dienone is 3. The zero-order valence-corrected chi connectivity index (χ0v) is 12.9. The Morgan fingerprint density at radius 3 is 2.65 bits per heavy atom. The van der Waals surface area contributed by atoms with Gasteiger partial charge in [-0.1, -0.05) is 18.2 Å². The molecule has 1 aliphatic carbocycles. The summed E-state index contributed by atoms with van der Waals surface area (Å²) in [6.07, 6.45) is 9.44. The Labute approximate surface area is 122 Å². The Morgan fingerprint density at radius 1 is 1.30 bits per heavy atom. The van der Waals surface area contributed by atoms with Crippen LogP contribution in [0.25, 0.3) is 0 Å². The summed E-state index contributed by atoms with van der Waals surface area (Å²) in [4.78, 5) is 14.2. The van der Waals surface area contributed by atoms with Crippen LogP contribution < -0.4 is 0 Å². The molecule has 1 heterocycles. The van der Waals surface area contributed by atoms with Gasteiger partial charge in [0, 0.05) is 6.54 Å². The second-order valence-electron chi connectivity index (χ2n) is 6.54. The van der Waals surface area contributed by atoms with Gasteiger partial charge in [-0.2, -0.15) is 0 Å². The molecule has 1 aliphatic heterocycles. The molecule has 0 aromatic rings. The SMILES string of the molecule is C=C1C=C(C2=CCCCC2)N(C(=O)OC(C)(C)C)CC1. The number of nitrogens with zero attached hydrogens (tertiary/aromatic N) is 1. The first-order valence-corrected chi connectivity index (χ1v) is 7.46. The Hall–Kier alpha value is -1.51. The highest BCUT2D eigenvalue weighted by Gasteiger charge is 2.28. The summed E-state index contributed by atoms with van der Waals surface area (Å²) in [6, 6.07) is 0. The quantitative estimate of drug-likeness (QED) is 0.701. The van der Waals surface area contributed by atoms with E-state index in [2.05, 4.69) is 12.7 Å². The van der Waals surface area contributed by atoms with E-state index in [4.69, 9.17) is 4.74 Å². The molecule has 0 aromatic heterocycles.